The van der Waals surface area contributed by atoms with Crippen molar-refractivity contribution >= 4 is 17.0 Å². The second-order valence-corrected chi connectivity index (χ2v) is 8.60. The monoisotopic (exact) mass is 481 g/mol. The molecular formula is C26H31N3O4S. The van der Waals surface area contributed by atoms with Gasteiger partial charge >= 0.3 is 0 Å². The summed E-state index contributed by atoms with van der Waals surface area (Å²) in [4.78, 5) is 5.50. The van der Waals surface area contributed by atoms with E-state index in [1.165, 1.54) is 11.3 Å². The number of hydrogen-bond donors (Lipinski definition) is 0. The van der Waals surface area contributed by atoms with Crippen LogP contribution in [-0.4, -0.2) is 45.4 Å². The molecule has 0 amide bonds. The maximum atomic E-state index is 5.55. The normalized spacial score (nSPS) is 11.9. The van der Waals surface area contributed by atoms with Crippen LogP contribution in [0.25, 0.3) is 11.3 Å². The van der Waals surface area contributed by atoms with Gasteiger partial charge in [-0.25, -0.2) is 4.68 Å². The van der Waals surface area contributed by atoms with Gasteiger partial charge in [-0.15, -0.1) is 11.3 Å². The van der Waals surface area contributed by atoms with E-state index in [0.717, 1.165) is 38.7 Å². The fraction of sp³-hybridized carbons (Fsp3) is 0.308. The molecule has 7 nitrogen and oxygen atoms in total. The van der Waals surface area contributed by atoms with Crippen LogP contribution >= 0.6 is 11.3 Å². The van der Waals surface area contributed by atoms with Crippen LogP contribution in [-0.2, 0) is 6.42 Å². The summed E-state index contributed by atoms with van der Waals surface area (Å²) in [5.74, 6) is 2.53. The van der Waals surface area contributed by atoms with E-state index < -0.39 is 0 Å². The summed E-state index contributed by atoms with van der Waals surface area (Å²) in [5, 5.41) is 6.97. The standard InChI is InChI=1S/C26H31N3O4S/c1-17(2)15-27-26-29(28-18(3)12-19-8-10-21(30-4)11-9-19)22(16-34-26)20-13-23(31-5)25(33-7)24(14-20)32-6/h8-11,13-14,16H,1,12,15H2,2-7H3. The average Bonchev–Trinajstić information content (AvgIpc) is 3.24. The van der Waals surface area contributed by atoms with Crippen LogP contribution in [0.4, 0.5) is 0 Å². The minimum Gasteiger partial charge on any atom is -0.497 e. The molecule has 0 saturated heterocycles. The second-order valence-electron chi connectivity index (χ2n) is 7.76. The van der Waals surface area contributed by atoms with E-state index >= 15 is 0 Å². The lowest BCUT2D eigenvalue weighted by atomic mass is 10.1. The lowest BCUT2D eigenvalue weighted by Crippen LogP contribution is -2.15. The molecule has 34 heavy (non-hydrogen) atoms. The zero-order chi connectivity index (χ0) is 24.7. The molecule has 3 rings (SSSR count). The number of benzene rings is 2. The Morgan fingerprint density at radius 3 is 2.12 bits per heavy atom. The number of hydrogen-bond acceptors (Lipinski definition) is 7. The molecular weight excluding hydrogens is 450 g/mol. The van der Waals surface area contributed by atoms with Crippen molar-refractivity contribution in [2.45, 2.75) is 20.3 Å². The van der Waals surface area contributed by atoms with Crippen molar-refractivity contribution in [3.05, 3.63) is 64.3 Å². The highest BCUT2D eigenvalue weighted by molar-refractivity contribution is 7.07. The van der Waals surface area contributed by atoms with Crippen molar-refractivity contribution in [3.8, 4) is 34.3 Å². The van der Waals surface area contributed by atoms with E-state index in [0.29, 0.717) is 30.2 Å². The Morgan fingerprint density at radius 2 is 1.59 bits per heavy atom. The zero-order valence-electron chi connectivity index (χ0n) is 20.5. The SMILES string of the molecule is C=C(C)CN=c1scc(-c2cc(OC)c(OC)c(OC)c2)n1N=C(C)Cc1ccc(OC)cc1. The van der Waals surface area contributed by atoms with Crippen molar-refractivity contribution < 1.29 is 18.9 Å². The van der Waals surface area contributed by atoms with E-state index in [-0.39, 0.29) is 0 Å². The molecule has 0 aliphatic rings. The average molecular weight is 482 g/mol. The number of ether oxygens (including phenoxy) is 4. The summed E-state index contributed by atoms with van der Waals surface area (Å²) in [6.45, 7) is 8.47. The largest absolute Gasteiger partial charge is 0.497 e. The Kier molecular flexibility index (Phi) is 8.54. The highest BCUT2D eigenvalue weighted by atomic mass is 32.1. The van der Waals surface area contributed by atoms with Gasteiger partial charge in [0, 0.05) is 23.1 Å². The van der Waals surface area contributed by atoms with Crippen LogP contribution in [0.5, 0.6) is 23.0 Å². The van der Waals surface area contributed by atoms with Crippen LogP contribution < -0.4 is 23.7 Å². The number of thiazole rings is 1. The summed E-state index contributed by atoms with van der Waals surface area (Å²) in [5.41, 5.74) is 4.82. The number of rotatable bonds is 10. The van der Waals surface area contributed by atoms with Gasteiger partial charge in [-0.05, 0) is 43.7 Å². The first kappa shape index (κ1) is 25.1. The summed E-state index contributed by atoms with van der Waals surface area (Å²) in [7, 11) is 6.46. The smallest absolute Gasteiger partial charge is 0.206 e. The molecule has 3 aromatic rings. The molecule has 0 N–H and O–H groups in total. The maximum Gasteiger partial charge on any atom is 0.206 e. The molecule has 0 bridgehead atoms. The van der Waals surface area contributed by atoms with Crippen LogP contribution in [0.1, 0.15) is 19.4 Å². The molecule has 0 saturated carbocycles. The molecule has 0 fully saturated rings. The van der Waals surface area contributed by atoms with Crippen LogP contribution in [0.2, 0.25) is 0 Å². The Morgan fingerprint density at radius 1 is 0.941 bits per heavy atom. The van der Waals surface area contributed by atoms with Crippen molar-refractivity contribution in [2.75, 3.05) is 35.0 Å². The second kappa shape index (κ2) is 11.6. The number of nitrogens with zero attached hydrogens (tertiary/aromatic N) is 3. The van der Waals surface area contributed by atoms with Gasteiger partial charge < -0.3 is 18.9 Å². The summed E-state index contributed by atoms with van der Waals surface area (Å²) in [6.07, 6.45) is 0.696. The van der Waals surface area contributed by atoms with E-state index in [1.54, 1.807) is 28.4 Å². The Hall–Kier alpha value is -3.52. The molecule has 180 valence electrons. The quantitative estimate of drug-likeness (QED) is 0.295. The number of methoxy groups -OCH3 is 4. The predicted molar refractivity (Wildman–Crippen MR) is 138 cm³/mol. The fourth-order valence-electron chi connectivity index (χ4n) is 3.38. The molecule has 0 aliphatic heterocycles. The maximum absolute atomic E-state index is 5.55. The third-order valence-electron chi connectivity index (χ3n) is 5.02. The highest BCUT2D eigenvalue weighted by Crippen LogP contribution is 2.41. The minimum absolute atomic E-state index is 0.530. The van der Waals surface area contributed by atoms with Gasteiger partial charge in [0.1, 0.15) is 5.75 Å². The first-order valence-corrected chi connectivity index (χ1v) is 11.6. The van der Waals surface area contributed by atoms with Gasteiger partial charge in [0.2, 0.25) is 10.6 Å². The molecule has 1 heterocycles. The van der Waals surface area contributed by atoms with Gasteiger partial charge in [-0.3, -0.25) is 4.99 Å². The Labute approximate surface area is 204 Å². The molecule has 0 atom stereocenters. The van der Waals surface area contributed by atoms with E-state index in [1.807, 2.05) is 60.3 Å². The lowest BCUT2D eigenvalue weighted by Gasteiger charge is -2.14. The molecule has 0 unspecified atom stereocenters. The van der Waals surface area contributed by atoms with Crippen molar-refractivity contribution in [1.82, 2.24) is 4.68 Å². The third kappa shape index (κ3) is 5.88. The summed E-state index contributed by atoms with van der Waals surface area (Å²) >= 11 is 1.52. The zero-order valence-corrected chi connectivity index (χ0v) is 21.4. The van der Waals surface area contributed by atoms with Crippen molar-refractivity contribution in [1.29, 1.82) is 0 Å². The number of aromatic nitrogens is 1. The van der Waals surface area contributed by atoms with E-state index in [4.69, 9.17) is 29.0 Å². The Balaban J connectivity index is 2.10. The lowest BCUT2D eigenvalue weighted by molar-refractivity contribution is 0.324. The van der Waals surface area contributed by atoms with Gasteiger partial charge in [0.15, 0.2) is 11.5 Å². The van der Waals surface area contributed by atoms with E-state index in [9.17, 15) is 0 Å². The van der Waals surface area contributed by atoms with Crippen LogP contribution in [0, 0.1) is 0 Å². The van der Waals surface area contributed by atoms with E-state index in [2.05, 4.69) is 6.58 Å². The van der Waals surface area contributed by atoms with Gasteiger partial charge in [0.25, 0.3) is 0 Å². The molecule has 0 spiro atoms. The molecule has 0 radical (unpaired) electrons. The first-order valence-electron chi connectivity index (χ1n) is 10.7. The molecule has 0 aliphatic carbocycles. The highest BCUT2D eigenvalue weighted by Gasteiger charge is 2.17. The first-order chi connectivity index (χ1) is 16.4. The summed E-state index contributed by atoms with van der Waals surface area (Å²) in [6, 6.07) is 11.8. The predicted octanol–water partition coefficient (Wildman–Crippen LogP) is 5.19. The summed E-state index contributed by atoms with van der Waals surface area (Å²) < 4.78 is 23.7. The minimum atomic E-state index is 0.530. The molecule has 1 aromatic heterocycles. The van der Waals surface area contributed by atoms with Crippen LogP contribution in [0.3, 0.4) is 0 Å². The Bertz CT molecular complexity index is 1210. The van der Waals surface area contributed by atoms with Gasteiger partial charge in [-0.2, -0.15) is 5.10 Å². The van der Waals surface area contributed by atoms with Crippen LogP contribution in [0.15, 0.2) is 64.0 Å². The topological polar surface area (TPSA) is 66.6 Å². The third-order valence-corrected chi connectivity index (χ3v) is 5.87. The molecule has 2 aromatic carbocycles. The van der Waals surface area contributed by atoms with Gasteiger partial charge in [0.05, 0.1) is 40.7 Å². The van der Waals surface area contributed by atoms with Crippen molar-refractivity contribution in [3.63, 3.8) is 0 Å². The molecule has 8 heteroatoms. The van der Waals surface area contributed by atoms with Gasteiger partial charge in [-0.1, -0.05) is 24.3 Å². The van der Waals surface area contributed by atoms with Crippen molar-refractivity contribution in [2.24, 2.45) is 10.1 Å². The fourth-order valence-corrected chi connectivity index (χ4v) is 4.21.